The van der Waals surface area contributed by atoms with Crippen molar-refractivity contribution in [3.63, 3.8) is 0 Å². The predicted molar refractivity (Wildman–Crippen MR) is 96.0 cm³/mol. The Morgan fingerprint density at radius 3 is 2.61 bits per heavy atom. The number of rotatable bonds is 7. The Bertz CT molecular complexity index is 939. The van der Waals surface area contributed by atoms with Gasteiger partial charge >= 0.3 is 0 Å². The third kappa shape index (κ3) is 4.56. The summed E-state index contributed by atoms with van der Waals surface area (Å²) in [4.78, 5) is 8.33. The molecule has 0 spiro atoms. The molecule has 0 aliphatic carbocycles. The lowest BCUT2D eigenvalue weighted by atomic mass is 10.1. The summed E-state index contributed by atoms with van der Waals surface area (Å²) in [5.74, 6) is -1.08. The first-order valence-corrected chi connectivity index (χ1v) is 8.15. The number of aryl methyl sites for hydroxylation is 1. The van der Waals surface area contributed by atoms with Crippen molar-refractivity contribution in [2.75, 3.05) is 10.6 Å². The summed E-state index contributed by atoms with van der Waals surface area (Å²) in [6.07, 6.45) is 1.71. The topological polar surface area (TPSA) is 67.7 Å². The average Bonchev–Trinajstić information content (AvgIpc) is 3.04. The van der Waals surface area contributed by atoms with E-state index in [0.717, 1.165) is 16.8 Å². The van der Waals surface area contributed by atoms with Crippen LogP contribution in [0.1, 0.15) is 11.1 Å². The molecular weight excluding hydrogens is 376 g/mol. The number of hydrogen-bond donors (Lipinski definition) is 2. The Hall–Kier alpha value is -3.17. The van der Waals surface area contributed by atoms with E-state index in [9.17, 15) is 17.6 Å². The molecule has 6 nitrogen and oxygen atoms in total. The SMILES string of the molecule is [CH2][C](Nc1nc(Nc2cnn(CC(F)F)c2)ncc1C)c1c(F)cccc1F. The third-order valence-corrected chi connectivity index (χ3v) is 3.72. The van der Waals surface area contributed by atoms with Crippen LogP contribution in [0, 0.1) is 31.5 Å². The molecule has 0 bridgehead atoms. The molecule has 0 saturated heterocycles. The van der Waals surface area contributed by atoms with Gasteiger partial charge < -0.3 is 10.6 Å². The van der Waals surface area contributed by atoms with E-state index in [4.69, 9.17) is 0 Å². The molecule has 1 aromatic carbocycles. The molecule has 3 aromatic rings. The Kier molecular flexibility index (Phi) is 5.76. The molecule has 0 atom stereocenters. The van der Waals surface area contributed by atoms with Gasteiger partial charge in [-0.1, -0.05) is 6.07 Å². The number of halogens is 4. The highest BCUT2D eigenvalue weighted by Crippen LogP contribution is 2.25. The molecule has 0 amide bonds. The molecule has 2 aromatic heterocycles. The van der Waals surface area contributed by atoms with Crippen molar-refractivity contribution < 1.29 is 17.6 Å². The fourth-order valence-electron chi connectivity index (χ4n) is 2.42. The first-order valence-electron chi connectivity index (χ1n) is 8.15. The molecule has 0 aliphatic heterocycles. The van der Waals surface area contributed by atoms with Crippen LogP contribution < -0.4 is 10.6 Å². The molecule has 28 heavy (non-hydrogen) atoms. The molecule has 10 heteroatoms. The highest BCUT2D eigenvalue weighted by atomic mass is 19.3. The van der Waals surface area contributed by atoms with Crippen LogP contribution in [0.15, 0.2) is 36.8 Å². The van der Waals surface area contributed by atoms with Gasteiger partial charge in [0.15, 0.2) is 0 Å². The fraction of sp³-hybridized carbons (Fsp3) is 0.167. The van der Waals surface area contributed by atoms with Gasteiger partial charge in [-0.2, -0.15) is 10.1 Å². The number of benzene rings is 1. The second-order valence-electron chi connectivity index (χ2n) is 5.89. The zero-order chi connectivity index (χ0) is 20.3. The molecule has 2 heterocycles. The predicted octanol–water partition coefficient (Wildman–Crippen LogP) is 4.09. The highest BCUT2D eigenvalue weighted by molar-refractivity contribution is 5.57. The van der Waals surface area contributed by atoms with Crippen LogP contribution in [0.2, 0.25) is 0 Å². The van der Waals surface area contributed by atoms with E-state index < -0.39 is 24.6 Å². The van der Waals surface area contributed by atoms with Crippen LogP contribution >= 0.6 is 0 Å². The molecule has 0 unspecified atom stereocenters. The Morgan fingerprint density at radius 2 is 1.93 bits per heavy atom. The van der Waals surface area contributed by atoms with Crippen molar-refractivity contribution in [3.05, 3.63) is 72.5 Å². The lowest BCUT2D eigenvalue weighted by Crippen LogP contribution is -2.14. The van der Waals surface area contributed by atoms with Gasteiger partial charge in [0.05, 0.1) is 23.5 Å². The number of alkyl halides is 2. The second kappa shape index (κ2) is 8.24. The summed E-state index contributed by atoms with van der Waals surface area (Å²) < 4.78 is 53.7. The van der Waals surface area contributed by atoms with Gasteiger partial charge in [-0.05, 0) is 26.0 Å². The van der Waals surface area contributed by atoms with Crippen molar-refractivity contribution >= 4 is 17.5 Å². The second-order valence-corrected chi connectivity index (χ2v) is 5.89. The Morgan fingerprint density at radius 1 is 1.21 bits per heavy atom. The minimum Gasteiger partial charge on any atom is -0.357 e. The van der Waals surface area contributed by atoms with Crippen molar-refractivity contribution in [2.45, 2.75) is 19.9 Å². The molecule has 0 aliphatic rings. The van der Waals surface area contributed by atoms with E-state index in [0.29, 0.717) is 11.3 Å². The lowest BCUT2D eigenvalue weighted by molar-refractivity contribution is 0.122. The fourth-order valence-corrected chi connectivity index (χ4v) is 2.42. The number of hydrogen-bond acceptors (Lipinski definition) is 5. The van der Waals surface area contributed by atoms with Crippen molar-refractivity contribution in [1.82, 2.24) is 19.7 Å². The van der Waals surface area contributed by atoms with Gasteiger partial charge in [-0.25, -0.2) is 22.5 Å². The molecule has 2 N–H and O–H groups in total. The van der Waals surface area contributed by atoms with Gasteiger partial charge in [0.25, 0.3) is 6.43 Å². The summed E-state index contributed by atoms with van der Waals surface area (Å²) in [7, 11) is 0. The van der Waals surface area contributed by atoms with Crippen LogP contribution in [-0.4, -0.2) is 26.2 Å². The maximum atomic E-state index is 13.9. The first kappa shape index (κ1) is 19.6. The summed E-state index contributed by atoms with van der Waals surface area (Å²) in [6.45, 7) is 4.85. The monoisotopic (exact) mass is 392 g/mol. The van der Waals surface area contributed by atoms with Crippen molar-refractivity contribution in [1.29, 1.82) is 0 Å². The van der Waals surface area contributed by atoms with Gasteiger partial charge in [-0.3, -0.25) is 4.68 Å². The Balaban J connectivity index is 1.77. The minimum atomic E-state index is -2.52. The van der Waals surface area contributed by atoms with Gasteiger partial charge in [0, 0.05) is 18.0 Å². The number of nitrogens with one attached hydrogen (secondary N) is 2. The molecular formula is C18H16F4N6. The first-order chi connectivity index (χ1) is 13.3. The van der Waals surface area contributed by atoms with E-state index >= 15 is 0 Å². The Labute approximate surface area is 158 Å². The van der Waals surface area contributed by atoms with E-state index in [1.807, 2.05) is 0 Å². The largest absolute Gasteiger partial charge is 0.357 e. The summed E-state index contributed by atoms with van der Waals surface area (Å²) in [6, 6.07) is 3.51. The maximum absolute atomic E-state index is 13.9. The van der Waals surface area contributed by atoms with Crippen LogP contribution in [-0.2, 0) is 6.54 Å². The summed E-state index contributed by atoms with van der Waals surface area (Å²) in [5, 5.41) is 9.42. The zero-order valence-electron chi connectivity index (χ0n) is 14.8. The third-order valence-electron chi connectivity index (χ3n) is 3.72. The van der Waals surface area contributed by atoms with Crippen LogP contribution in [0.4, 0.5) is 35.0 Å². The minimum absolute atomic E-state index is 0.00639. The zero-order valence-corrected chi connectivity index (χ0v) is 14.8. The van der Waals surface area contributed by atoms with Crippen LogP contribution in [0.25, 0.3) is 0 Å². The van der Waals surface area contributed by atoms with Crippen molar-refractivity contribution in [3.8, 4) is 0 Å². The lowest BCUT2D eigenvalue weighted by Gasteiger charge is -2.17. The molecule has 0 fully saturated rings. The summed E-state index contributed by atoms with van der Waals surface area (Å²) in [5.41, 5.74) is 0.731. The average molecular weight is 392 g/mol. The number of anilines is 3. The number of aromatic nitrogens is 4. The van der Waals surface area contributed by atoms with Crippen molar-refractivity contribution in [2.24, 2.45) is 0 Å². The molecule has 0 saturated carbocycles. The van der Waals surface area contributed by atoms with Gasteiger partial charge in [0.1, 0.15) is 24.0 Å². The van der Waals surface area contributed by atoms with E-state index in [2.05, 4.69) is 32.6 Å². The van der Waals surface area contributed by atoms with E-state index in [-0.39, 0.29) is 23.4 Å². The molecule has 2 radical (unpaired) electrons. The van der Waals surface area contributed by atoms with Crippen LogP contribution in [0.3, 0.4) is 0 Å². The maximum Gasteiger partial charge on any atom is 0.257 e. The number of nitrogens with zero attached hydrogens (tertiary/aromatic N) is 4. The van der Waals surface area contributed by atoms with Crippen LogP contribution in [0.5, 0.6) is 0 Å². The highest BCUT2D eigenvalue weighted by Gasteiger charge is 2.18. The smallest absolute Gasteiger partial charge is 0.257 e. The van der Waals surface area contributed by atoms with Gasteiger partial charge in [0.2, 0.25) is 5.95 Å². The quantitative estimate of drug-likeness (QED) is 0.593. The normalized spacial score (nSPS) is 11.3. The molecule has 3 rings (SSSR count). The standard InChI is InChI=1S/C18H16F4N6/c1-10-6-23-18(26-12-7-24-28(8-12)9-15(21)22)27-17(10)25-11(2)16-13(19)4-3-5-14(16)20/h3-8,15H,2,9H2,1H3,(H2,23,25,26,27). The van der Waals surface area contributed by atoms with E-state index in [1.54, 1.807) is 6.92 Å². The van der Waals surface area contributed by atoms with E-state index in [1.165, 1.54) is 24.7 Å². The summed E-state index contributed by atoms with van der Waals surface area (Å²) >= 11 is 0. The molecule has 146 valence electrons. The van der Waals surface area contributed by atoms with Gasteiger partial charge in [-0.15, -0.1) is 0 Å².